The van der Waals surface area contributed by atoms with E-state index in [4.69, 9.17) is 15.2 Å². The summed E-state index contributed by atoms with van der Waals surface area (Å²) >= 11 is 0. The van der Waals surface area contributed by atoms with E-state index in [-0.39, 0.29) is 11.9 Å². The SMILES string of the molecule is CCCOC1(C2CCN2C(=O)[C@H](Cc2ccc(OC)cc2)C(Cc2cnc[nH]2)C(N)=O)C=CC=C(C)C1. The van der Waals surface area contributed by atoms with Crippen molar-refractivity contribution in [3.8, 4) is 5.75 Å². The Morgan fingerprint density at radius 3 is 2.59 bits per heavy atom. The lowest BCUT2D eigenvalue weighted by molar-refractivity contribution is -0.162. The third kappa shape index (κ3) is 5.96. The number of allylic oxidation sites excluding steroid dienone is 2. The quantitative estimate of drug-likeness (QED) is 0.457. The molecule has 3 N–H and O–H groups in total. The average Bonchev–Trinajstić information content (AvgIpc) is 3.38. The van der Waals surface area contributed by atoms with E-state index in [1.807, 2.05) is 35.2 Å². The number of aromatic amines is 1. The maximum atomic E-state index is 14.3. The Balaban J connectivity index is 1.64. The number of benzene rings is 1. The van der Waals surface area contributed by atoms with Crippen molar-refractivity contribution in [3.05, 3.63) is 71.8 Å². The largest absolute Gasteiger partial charge is 0.497 e. The van der Waals surface area contributed by atoms with Gasteiger partial charge in [-0.25, -0.2) is 4.98 Å². The second-order valence-corrected chi connectivity index (χ2v) is 10.1. The smallest absolute Gasteiger partial charge is 0.227 e. The third-order valence-electron chi connectivity index (χ3n) is 7.53. The van der Waals surface area contributed by atoms with E-state index in [2.05, 4.69) is 36.0 Å². The topological polar surface area (TPSA) is 111 Å². The number of nitrogens with one attached hydrogen (secondary N) is 1. The van der Waals surface area contributed by atoms with Crippen LogP contribution in [0.15, 0.2) is 60.6 Å². The third-order valence-corrected chi connectivity index (χ3v) is 7.53. The molecule has 1 fully saturated rings. The number of carbonyl (C=O) groups excluding carboxylic acids is 2. The van der Waals surface area contributed by atoms with E-state index < -0.39 is 23.3 Å². The number of hydrogen-bond acceptors (Lipinski definition) is 5. The van der Waals surface area contributed by atoms with Gasteiger partial charge in [-0.2, -0.15) is 0 Å². The fraction of sp³-hybridized carbons (Fsp3) is 0.483. The average molecular weight is 507 g/mol. The number of likely N-dealkylation sites (tertiary alicyclic amines) is 1. The minimum Gasteiger partial charge on any atom is -0.497 e. The molecule has 3 unspecified atom stereocenters. The minimum absolute atomic E-state index is 0.0598. The number of rotatable bonds is 12. The van der Waals surface area contributed by atoms with Gasteiger partial charge in [-0.05, 0) is 43.9 Å². The summed E-state index contributed by atoms with van der Waals surface area (Å²) in [5.74, 6) is -1.13. The van der Waals surface area contributed by atoms with Gasteiger partial charge >= 0.3 is 0 Å². The summed E-state index contributed by atoms with van der Waals surface area (Å²) < 4.78 is 11.7. The predicted octanol–water partition coefficient (Wildman–Crippen LogP) is 3.59. The highest BCUT2D eigenvalue weighted by Crippen LogP contribution is 2.40. The number of aromatic nitrogens is 2. The first-order chi connectivity index (χ1) is 17.9. The molecule has 4 rings (SSSR count). The van der Waals surface area contributed by atoms with E-state index in [1.165, 1.54) is 5.57 Å². The van der Waals surface area contributed by atoms with Gasteiger partial charge in [0.1, 0.15) is 11.4 Å². The molecule has 1 aliphatic carbocycles. The second-order valence-electron chi connectivity index (χ2n) is 10.1. The Hall–Kier alpha value is -3.39. The van der Waals surface area contributed by atoms with Crippen LogP contribution in [0.1, 0.15) is 44.4 Å². The highest BCUT2D eigenvalue weighted by atomic mass is 16.5. The molecule has 4 atom stereocenters. The van der Waals surface area contributed by atoms with Crippen LogP contribution in [0.4, 0.5) is 0 Å². The molecule has 0 radical (unpaired) electrons. The van der Waals surface area contributed by atoms with Gasteiger partial charge in [-0.1, -0.05) is 42.9 Å². The van der Waals surface area contributed by atoms with Crippen LogP contribution in [-0.4, -0.2) is 58.6 Å². The van der Waals surface area contributed by atoms with Crippen molar-refractivity contribution in [1.29, 1.82) is 0 Å². The standard InChI is InChI=1S/C29H38N4O4/c1-4-14-37-29(12-5-6-20(2)17-29)26-11-13-33(26)28(35)25(15-21-7-9-23(36-3)10-8-21)24(27(30)34)16-22-18-31-19-32-22/h5-10,12,18-19,24-26H,4,11,13-17H2,1-3H3,(H2,30,34)(H,31,32)/t24?,25-,26?,29?/m1/s1. The number of amides is 2. The lowest BCUT2D eigenvalue weighted by Gasteiger charge is -2.53. The number of H-pyrrole nitrogens is 1. The molecule has 1 aromatic heterocycles. The maximum absolute atomic E-state index is 14.3. The molecule has 8 nitrogen and oxygen atoms in total. The first-order valence-corrected chi connectivity index (χ1v) is 13.1. The van der Waals surface area contributed by atoms with Gasteiger partial charge in [-0.15, -0.1) is 0 Å². The van der Waals surface area contributed by atoms with Crippen molar-refractivity contribution in [1.82, 2.24) is 14.9 Å². The predicted molar refractivity (Wildman–Crippen MR) is 142 cm³/mol. The highest BCUT2D eigenvalue weighted by Gasteiger charge is 2.50. The van der Waals surface area contributed by atoms with Gasteiger partial charge in [0.2, 0.25) is 11.8 Å². The number of hydrogen-bond donors (Lipinski definition) is 2. The molecule has 1 saturated heterocycles. The van der Waals surface area contributed by atoms with E-state index in [0.29, 0.717) is 26.0 Å². The minimum atomic E-state index is -0.688. The molecule has 8 heteroatoms. The number of imidazole rings is 1. The van der Waals surface area contributed by atoms with Crippen LogP contribution in [0.25, 0.3) is 0 Å². The first kappa shape index (κ1) is 26.7. The summed E-state index contributed by atoms with van der Waals surface area (Å²) in [5, 5.41) is 0. The molecule has 1 aromatic carbocycles. The summed E-state index contributed by atoms with van der Waals surface area (Å²) in [6.45, 7) is 5.43. The van der Waals surface area contributed by atoms with Crippen molar-refractivity contribution in [2.24, 2.45) is 17.6 Å². The van der Waals surface area contributed by atoms with Crippen LogP contribution in [0.3, 0.4) is 0 Å². The van der Waals surface area contributed by atoms with Crippen molar-refractivity contribution >= 4 is 11.8 Å². The molecule has 2 heterocycles. The summed E-state index contributed by atoms with van der Waals surface area (Å²) in [4.78, 5) is 36.1. The fourth-order valence-electron chi connectivity index (χ4n) is 5.51. The number of nitrogens with two attached hydrogens (primary N) is 1. The van der Waals surface area contributed by atoms with Crippen LogP contribution in [0.2, 0.25) is 0 Å². The fourth-order valence-corrected chi connectivity index (χ4v) is 5.51. The Morgan fingerprint density at radius 2 is 2.03 bits per heavy atom. The molecule has 0 saturated carbocycles. The van der Waals surface area contributed by atoms with Gasteiger partial charge < -0.3 is 25.1 Å². The molecular weight excluding hydrogens is 468 g/mol. The Bertz CT molecular complexity index is 1130. The van der Waals surface area contributed by atoms with E-state index in [9.17, 15) is 9.59 Å². The Labute approximate surface area is 218 Å². The second kappa shape index (κ2) is 11.8. The number of primary amides is 1. The van der Waals surface area contributed by atoms with E-state index in [0.717, 1.165) is 36.3 Å². The summed E-state index contributed by atoms with van der Waals surface area (Å²) in [6, 6.07) is 7.51. The number of ether oxygens (including phenoxy) is 2. The van der Waals surface area contributed by atoms with Crippen molar-refractivity contribution in [2.45, 2.75) is 57.6 Å². The Morgan fingerprint density at radius 1 is 1.24 bits per heavy atom. The highest BCUT2D eigenvalue weighted by molar-refractivity contribution is 5.88. The van der Waals surface area contributed by atoms with Gasteiger partial charge in [0.05, 0.1) is 31.3 Å². The van der Waals surface area contributed by atoms with E-state index >= 15 is 0 Å². The van der Waals surface area contributed by atoms with Crippen LogP contribution in [-0.2, 0) is 27.2 Å². The summed E-state index contributed by atoms with van der Waals surface area (Å²) in [6.07, 6.45) is 12.7. The van der Waals surface area contributed by atoms with Gasteiger partial charge in [0.25, 0.3) is 0 Å². The zero-order valence-electron chi connectivity index (χ0n) is 22.0. The number of carbonyl (C=O) groups is 2. The van der Waals surface area contributed by atoms with Crippen LogP contribution in [0, 0.1) is 11.8 Å². The molecule has 0 spiro atoms. The monoisotopic (exact) mass is 506 g/mol. The molecule has 2 aliphatic rings. The summed E-state index contributed by atoms with van der Waals surface area (Å²) in [5.41, 5.74) is 8.32. The molecule has 198 valence electrons. The van der Waals surface area contributed by atoms with Crippen LogP contribution >= 0.6 is 0 Å². The van der Waals surface area contributed by atoms with Crippen molar-refractivity contribution < 1.29 is 19.1 Å². The van der Waals surface area contributed by atoms with Crippen molar-refractivity contribution in [3.63, 3.8) is 0 Å². The lowest BCUT2D eigenvalue weighted by Crippen LogP contribution is -2.65. The molecule has 2 amide bonds. The van der Waals surface area contributed by atoms with Gasteiger partial charge in [0.15, 0.2) is 0 Å². The maximum Gasteiger partial charge on any atom is 0.227 e. The van der Waals surface area contributed by atoms with E-state index in [1.54, 1.807) is 19.6 Å². The van der Waals surface area contributed by atoms with Crippen LogP contribution in [0.5, 0.6) is 5.75 Å². The van der Waals surface area contributed by atoms with Crippen LogP contribution < -0.4 is 10.5 Å². The lowest BCUT2D eigenvalue weighted by atomic mass is 9.75. The number of methoxy groups -OCH3 is 1. The normalized spacial score (nSPS) is 22.6. The summed E-state index contributed by atoms with van der Waals surface area (Å²) in [7, 11) is 1.62. The molecule has 37 heavy (non-hydrogen) atoms. The Kier molecular flexibility index (Phi) is 8.48. The number of nitrogens with zero attached hydrogens (tertiary/aromatic N) is 2. The molecule has 1 aliphatic heterocycles. The first-order valence-electron chi connectivity index (χ1n) is 13.1. The van der Waals surface area contributed by atoms with Gasteiger partial charge in [-0.3, -0.25) is 9.59 Å². The molecular formula is C29H38N4O4. The zero-order chi connectivity index (χ0) is 26.4. The van der Waals surface area contributed by atoms with Gasteiger partial charge in [0, 0.05) is 37.9 Å². The van der Waals surface area contributed by atoms with Crippen molar-refractivity contribution in [2.75, 3.05) is 20.3 Å². The molecule has 2 aromatic rings. The molecule has 0 bridgehead atoms. The zero-order valence-corrected chi connectivity index (χ0v) is 22.0.